The zero-order valence-corrected chi connectivity index (χ0v) is 16.1. The lowest BCUT2D eigenvalue weighted by Gasteiger charge is -2.35. The number of likely N-dealkylation sites (tertiary alicyclic amines) is 1. The highest BCUT2D eigenvalue weighted by molar-refractivity contribution is 5.95. The Morgan fingerprint density at radius 3 is 2.68 bits per heavy atom. The summed E-state index contributed by atoms with van der Waals surface area (Å²) >= 11 is 0. The van der Waals surface area contributed by atoms with Crippen LogP contribution in [0.25, 0.3) is 0 Å². The minimum atomic E-state index is -0.785. The van der Waals surface area contributed by atoms with Gasteiger partial charge in [0.25, 0.3) is 5.91 Å². The van der Waals surface area contributed by atoms with Crippen molar-refractivity contribution in [1.82, 2.24) is 4.90 Å². The van der Waals surface area contributed by atoms with Crippen LogP contribution in [0, 0.1) is 11.8 Å². The van der Waals surface area contributed by atoms with Crippen molar-refractivity contribution in [2.45, 2.75) is 25.4 Å². The molecule has 2 aliphatic heterocycles. The quantitative estimate of drug-likeness (QED) is 0.722. The molecule has 3 rings (SSSR count). The zero-order valence-electron chi connectivity index (χ0n) is 16.1. The molecule has 0 radical (unpaired) electrons. The normalized spacial score (nSPS) is 22.7. The molecule has 2 heterocycles. The van der Waals surface area contributed by atoms with Gasteiger partial charge in [-0.05, 0) is 43.4 Å². The summed E-state index contributed by atoms with van der Waals surface area (Å²) in [7, 11) is 1.54. The summed E-state index contributed by atoms with van der Waals surface area (Å²) in [5, 5.41) is 9.36. The molecule has 2 atom stereocenters. The Bertz CT molecular complexity index is 726. The molecule has 0 bridgehead atoms. The molecule has 2 saturated heterocycles. The average Bonchev–Trinajstić information content (AvgIpc) is 3.22. The van der Waals surface area contributed by atoms with Crippen molar-refractivity contribution in [1.29, 1.82) is 0 Å². The first-order chi connectivity index (χ1) is 13.5. The summed E-state index contributed by atoms with van der Waals surface area (Å²) in [5.74, 6) is -0.0282. The van der Waals surface area contributed by atoms with Gasteiger partial charge in [0.05, 0.1) is 19.1 Å². The van der Waals surface area contributed by atoms with Gasteiger partial charge in [0.2, 0.25) is 0 Å². The maximum atomic E-state index is 12.9. The first kappa shape index (κ1) is 20.2. The number of methoxy groups -OCH3 is 1. The molecular formula is C21H27NO6. The number of carbonyl (C=O) groups excluding carboxylic acids is 1. The average molecular weight is 389 g/mol. The first-order valence-corrected chi connectivity index (χ1v) is 9.60. The number of hydrogen-bond donors (Lipinski definition) is 1. The van der Waals surface area contributed by atoms with Crippen LogP contribution in [0.1, 0.15) is 29.6 Å². The number of piperidine rings is 1. The van der Waals surface area contributed by atoms with Gasteiger partial charge in [-0.2, -0.15) is 0 Å². The molecule has 0 aliphatic carbocycles. The predicted octanol–water partition coefficient (Wildman–Crippen LogP) is 2.60. The van der Waals surface area contributed by atoms with E-state index in [-0.39, 0.29) is 17.9 Å². The number of amides is 1. The molecule has 0 saturated carbocycles. The Hall–Kier alpha value is -2.54. The van der Waals surface area contributed by atoms with E-state index in [9.17, 15) is 14.7 Å². The summed E-state index contributed by atoms with van der Waals surface area (Å²) in [5.41, 5.74) is 0.543. The summed E-state index contributed by atoms with van der Waals surface area (Å²) < 4.78 is 16.6. The molecule has 2 aliphatic rings. The van der Waals surface area contributed by atoms with Crippen molar-refractivity contribution >= 4 is 11.9 Å². The smallest absolute Gasteiger partial charge is 0.309 e. The van der Waals surface area contributed by atoms with Crippen LogP contribution in [0.3, 0.4) is 0 Å². The van der Waals surface area contributed by atoms with Crippen LogP contribution in [-0.2, 0) is 9.53 Å². The third-order valence-electron chi connectivity index (χ3n) is 5.51. The van der Waals surface area contributed by atoms with Gasteiger partial charge in [0, 0.05) is 25.3 Å². The fourth-order valence-electron chi connectivity index (χ4n) is 4.02. The largest absolute Gasteiger partial charge is 0.493 e. The second-order valence-corrected chi connectivity index (χ2v) is 7.16. The number of carboxylic acid groups (broad SMARTS) is 1. The van der Waals surface area contributed by atoms with Crippen LogP contribution in [0.4, 0.5) is 0 Å². The van der Waals surface area contributed by atoms with Gasteiger partial charge in [-0.1, -0.05) is 12.7 Å². The van der Waals surface area contributed by atoms with Crippen LogP contribution in [0.15, 0.2) is 30.9 Å². The fourth-order valence-corrected chi connectivity index (χ4v) is 4.02. The molecule has 1 amide bonds. The van der Waals surface area contributed by atoms with Crippen LogP contribution in [-0.4, -0.2) is 61.4 Å². The van der Waals surface area contributed by atoms with Gasteiger partial charge in [-0.15, -0.1) is 0 Å². The van der Waals surface area contributed by atoms with Gasteiger partial charge >= 0.3 is 5.97 Å². The van der Waals surface area contributed by atoms with Crippen molar-refractivity contribution in [3.05, 3.63) is 36.4 Å². The number of aliphatic carboxylic acids is 1. The third-order valence-corrected chi connectivity index (χ3v) is 5.51. The molecule has 1 N–H and O–H groups in total. The van der Waals surface area contributed by atoms with E-state index in [0.29, 0.717) is 49.8 Å². The SMILES string of the molecule is C=CCOc1ccc(C(=O)N2CCC([C@@H]3OCCC3C(=O)O)CC2)cc1OC. The monoisotopic (exact) mass is 389 g/mol. The van der Waals surface area contributed by atoms with Crippen molar-refractivity contribution in [2.75, 3.05) is 33.4 Å². The minimum absolute atomic E-state index is 0.0610. The predicted molar refractivity (Wildman–Crippen MR) is 103 cm³/mol. The lowest BCUT2D eigenvalue weighted by atomic mass is 9.84. The Labute approximate surface area is 164 Å². The van der Waals surface area contributed by atoms with E-state index in [2.05, 4.69) is 6.58 Å². The summed E-state index contributed by atoms with van der Waals surface area (Å²) in [6.07, 6.45) is 3.47. The standard InChI is InChI=1S/C21H27NO6/c1-3-11-27-17-5-4-15(13-18(17)26-2)20(23)22-9-6-14(7-10-22)19-16(21(24)25)8-12-28-19/h3-5,13-14,16,19H,1,6-12H2,2H3,(H,24,25)/t16?,19-/m0/s1. The molecule has 0 spiro atoms. The van der Waals surface area contributed by atoms with Crippen molar-refractivity contribution < 1.29 is 28.9 Å². The van der Waals surface area contributed by atoms with Gasteiger partial charge in [0.15, 0.2) is 11.5 Å². The minimum Gasteiger partial charge on any atom is -0.493 e. The maximum Gasteiger partial charge on any atom is 0.309 e. The number of benzene rings is 1. The molecule has 152 valence electrons. The summed E-state index contributed by atoms with van der Waals surface area (Å²) in [6, 6.07) is 5.15. The van der Waals surface area contributed by atoms with E-state index in [0.717, 1.165) is 12.8 Å². The fraction of sp³-hybridized carbons (Fsp3) is 0.524. The van der Waals surface area contributed by atoms with Gasteiger partial charge < -0.3 is 24.2 Å². The van der Waals surface area contributed by atoms with Crippen molar-refractivity contribution in [2.24, 2.45) is 11.8 Å². The number of hydrogen-bond acceptors (Lipinski definition) is 5. The van der Waals surface area contributed by atoms with Crippen LogP contribution in [0.2, 0.25) is 0 Å². The highest BCUT2D eigenvalue weighted by Crippen LogP contribution is 2.34. The van der Waals surface area contributed by atoms with Crippen LogP contribution < -0.4 is 9.47 Å². The molecule has 1 unspecified atom stereocenters. The number of carbonyl (C=O) groups is 2. The number of rotatable bonds is 7. The molecule has 28 heavy (non-hydrogen) atoms. The molecule has 7 heteroatoms. The highest BCUT2D eigenvalue weighted by Gasteiger charge is 2.40. The Morgan fingerprint density at radius 2 is 2.04 bits per heavy atom. The zero-order chi connectivity index (χ0) is 20.1. The molecular weight excluding hydrogens is 362 g/mol. The molecule has 1 aromatic rings. The second kappa shape index (κ2) is 9.10. The van der Waals surface area contributed by atoms with E-state index in [4.69, 9.17) is 14.2 Å². The van der Waals surface area contributed by atoms with E-state index in [1.165, 1.54) is 7.11 Å². The lowest BCUT2D eigenvalue weighted by molar-refractivity contribution is -0.145. The number of ether oxygens (including phenoxy) is 3. The Morgan fingerprint density at radius 1 is 1.29 bits per heavy atom. The van der Waals surface area contributed by atoms with Crippen LogP contribution >= 0.6 is 0 Å². The molecule has 0 aromatic heterocycles. The van der Waals surface area contributed by atoms with E-state index < -0.39 is 11.9 Å². The van der Waals surface area contributed by atoms with Crippen molar-refractivity contribution in [3.8, 4) is 11.5 Å². The Kier molecular flexibility index (Phi) is 6.57. The van der Waals surface area contributed by atoms with E-state index in [1.54, 1.807) is 29.2 Å². The first-order valence-electron chi connectivity index (χ1n) is 9.60. The maximum absolute atomic E-state index is 12.9. The van der Waals surface area contributed by atoms with Gasteiger partial charge in [-0.25, -0.2) is 0 Å². The van der Waals surface area contributed by atoms with E-state index in [1.807, 2.05) is 0 Å². The highest BCUT2D eigenvalue weighted by atomic mass is 16.5. The van der Waals surface area contributed by atoms with Crippen molar-refractivity contribution in [3.63, 3.8) is 0 Å². The lowest BCUT2D eigenvalue weighted by Crippen LogP contribution is -2.43. The Balaban J connectivity index is 1.62. The van der Waals surface area contributed by atoms with Gasteiger partial charge in [-0.3, -0.25) is 9.59 Å². The number of nitrogens with zero attached hydrogens (tertiary/aromatic N) is 1. The third kappa shape index (κ3) is 4.30. The summed E-state index contributed by atoms with van der Waals surface area (Å²) in [4.78, 5) is 26.1. The van der Waals surface area contributed by atoms with Gasteiger partial charge in [0.1, 0.15) is 6.61 Å². The topological polar surface area (TPSA) is 85.3 Å². The second-order valence-electron chi connectivity index (χ2n) is 7.16. The molecule has 1 aromatic carbocycles. The van der Waals surface area contributed by atoms with E-state index >= 15 is 0 Å². The molecule has 7 nitrogen and oxygen atoms in total. The van der Waals surface area contributed by atoms with Crippen LogP contribution in [0.5, 0.6) is 11.5 Å². The number of carboxylic acids is 1. The molecule has 2 fully saturated rings. The summed E-state index contributed by atoms with van der Waals surface area (Å²) in [6.45, 7) is 5.66.